The molecule has 0 fully saturated rings. The largest absolute Gasteiger partial charge is 0.378 e. The predicted octanol–water partition coefficient (Wildman–Crippen LogP) is 5.09. The SMILES string of the molecule is Cc1ccc(NC(C)c2ccc(C)c(C)c2)c(C)c1. The number of aryl methyl sites for hydroxylation is 4. The van der Waals surface area contributed by atoms with Gasteiger partial charge in [-0.3, -0.25) is 0 Å². The third-order valence-corrected chi connectivity index (χ3v) is 3.78. The molecule has 1 N–H and O–H groups in total. The highest BCUT2D eigenvalue weighted by Gasteiger charge is 2.07. The fourth-order valence-electron chi connectivity index (χ4n) is 2.33. The molecule has 0 saturated carbocycles. The van der Waals surface area contributed by atoms with E-state index in [0.29, 0.717) is 6.04 Å². The van der Waals surface area contributed by atoms with Crippen LogP contribution in [0.1, 0.15) is 40.8 Å². The summed E-state index contributed by atoms with van der Waals surface area (Å²) in [7, 11) is 0. The predicted molar refractivity (Wildman–Crippen MR) is 83.9 cm³/mol. The van der Waals surface area contributed by atoms with Crippen molar-refractivity contribution in [3.8, 4) is 0 Å². The van der Waals surface area contributed by atoms with Crippen molar-refractivity contribution < 1.29 is 0 Å². The first-order chi connectivity index (χ1) is 8.97. The Bertz CT molecular complexity index is 584. The number of rotatable bonds is 3. The number of hydrogen-bond donors (Lipinski definition) is 1. The van der Waals surface area contributed by atoms with Gasteiger partial charge in [0.15, 0.2) is 0 Å². The van der Waals surface area contributed by atoms with Crippen LogP contribution in [0.3, 0.4) is 0 Å². The van der Waals surface area contributed by atoms with Crippen LogP contribution >= 0.6 is 0 Å². The van der Waals surface area contributed by atoms with Gasteiger partial charge in [0, 0.05) is 11.7 Å². The van der Waals surface area contributed by atoms with Crippen LogP contribution in [0.4, 0.5) is 5.69 Å². The number of hydrogen-bond acceptors (Lipinski definition) is 1. The van der Waals surface area contributed by atoms with E-state index in [2.05, 4.69) is 76.3 Å². The van der Waals surface area contributed by atoms with Crippen LogP contribution in [-0.2, 0) is 0 Å². The summed E-state index contributed by atoms with van der Waals surface area (Å²) in [6.45, 7) is 10.8. The molecule has 0 aliphatic carbocycles. The van der Waals surface area contributed by atoms with Gasteiger partial charge in [0.25, 0.3) is 0 Å². The first kappa shape index (κ1) is 13.7. The molecule has 0 aliphatic heterocycles. The Morgan fingerprint density at radius 3 is 2.16 bits per heavy atom. The van der Waals surface area contributed by atoms with Crippen LogP contribution in [0.25, 0.3) is 0 Å². The summed E-state index contributed by atoms with van der Waals surface area (Å²) < 4.78 is 0. The van der Waals surface area contributed by atoms with Gasteiger partial charge in [-0.2, -0.15) is 0 Å². The average molecular weight is 253 g/mol. The van der Waals surface area contributed by atoms with Crippen LogP contribution in [0.15, 0.2) is 36.4 Å². The van der Waals surface area contributed by atoms with Crippen LogP contribution in [0.2, 0.25) is 0 Å². The van der Waals surface area contributed by atoms with Gasteiger partial charge < -0.3 is 5.32 Å². The molecule has 0 bridgehead atoms. The van der Waals surface area contributed by atoms with Crippen molar-refractivity contribution in [2.24, 2.45) is 0 Å². The molecule has 1 nitrogen and oxygen atoms in total. The van der Waals surface area contributed by atoms with E-state index >= 15 is 0 Å². The van der Waals surface area contributed by atoms with Crippen molar-refractivity contribution >= 4 is 5.69 Å². The standard InChI is InChI=1S/C18H23N/c1-12-6-9-18(15(4)10-12)19-16(5)17-8-7-13(2)14(3)11-17/h6-11,16,19H,1-5H3. The van der Waals surface area contributed by atoms with E-state index in [9.17, 15) is 0 Å². The molecule has 2 rings (SSSR count). The molecule has 1 heteroatoms. The number of benzene rings is 2. The number of anilines is 1. The molecule has 0 amide bonds. The van der Waals surface area contributed by atoms with Crippen molar-refractivity contribution in [1.29, 1.82) is 0 Å². The Labute approximate surface area is 116 Å². The summed E-state index contributed by atoms with van der Waals surface area (Å²) in [5.74, 6) is 0. The van der Waals surface area contributed by atoms with Crippen molar-refractivity contribution in [1.82, 2.24) is 0 Å². The monoisotopic (exact) mass is 253 g/mol. The lowest BCUT2D eigenvalue weighted by molar-refractivity contribution is 0.879. The fourth-order valence-corrected chi connectivity index (χ4v) is 2.33. The van der Waals surface area contributed by atoms with Gasteiger partial charge in [-0.05, 0) is 62.9 Å². The van der Waals surface area contributed by atoms with E-state index < -0.39 is 0 Å². The molecule has 0 saturated heterocycles. The maximum absolute atomic E-state index is 3.60. The van der Waals surface area contributed by atoms with Crippen LogP contribution in [0.5, 0.6) is 0 Å². The molecule has 2 aromatic rings. The van der Waals surface area contributed by atoms with Crippen molar-refractivity contribution in [2.45, 2.75) is 40.7 Å². The highest BCUT2D eigenvalue weighted by molar-refractivity contribution is 5.53. The second kappa shape index (κ2) is 5.48. The summed E-state index contributed by atoms with van der Waals surface area (Å²) in [5.41, 5.74) is 7.87. The van der Waals surface area contributed by atoms with Crippen molar-refractivity contribution in [2.75, 3.05) is 5.32 Å². The third-order valence-electron chi connectivity index (χ3n) is 3.78. The molecular weight excluding hydrogens is 230 g/mol. The smallest absolute Gasteiger partial charge is 0.0485 e. The molecule has 0 aliphatic rings. The van der Waals surface area contributed by atoms with Gasteiger partial charge in [0.1, 0.15) is 0 Å². The van der Waals surface area contributed by atoms with Crippen LogP contribution in [-0.4, -0.2) is 0 Å². The molecule has 2 aromatic carbocycles. The van der Waals surface area contributed by atoms with Gasteiger partial charge in [-0.1, -0.05) is 35.9 Å². The fraction of sp³-hybridized carbons (Fsp3) is 0.333. The van der Waals surface area contributed by atoms with Crippen molar-refractivity contribution in [3.63, 3.8) is 0 Å². The maximum atomic E-state index is 3.60. The molecule has 0 radical (unpaired) electrons. The van der Waals surface area contributed by atoms with Crippen molar-refractivity contribution in [3.05, 3.63) is 64.2 Å². The molecule has 0 spiro atoms. The lowest BCUT2D eigenvalue weighted by atomic mass is 10.0. The summed E-state index contributed by atoms with van der Waals surface area (Å²) in [6, 6.07) is 13.5. The maximum Gasteiger partial charge on any atom is 0.0485 e. The van der Waals surface area contributed by atoms with Gasteiger partial charge in [-0.15, -0.1) is 0 Å². The van der Waals surface area contributed by atoms with E-state index in [-0.39, 0.29) is 0 Å². The zero-order chi connectivity index (χ0) is 14.0. The average Bonchev–Trinajstić information content (AvgIpc) is 2.36. The summed E-state index contributed by atoms with van der Waals surface area (Å²) >= 11 is 0. The summed E-state index contributed by atoms with van der Waals surface area (Å²) in [4.78, 5) is 0. The molecule has 100 valence electrons. The first-order valence-corrected chi connectivity index (χ1v) is 6.88. The number of nitrogens with one attached hydrogen (secondary N) is 1. The van der Waals surface area contributed by atoms with E-state index in [1.807, 2.05) is 0 Å². The van der Waals surface area contributed by atoms with Gasteiger partial charge in [0.05, 0.1) is 0 Å². The van der Waals surface area contributed by atoms with Gasteiger partial charge in [-0.25, -0.2) is 0 Å². The first-order valence-electron chi connectivity index (χ1n) is 6.88. The Kier molecular flexibility index (Phi) is 3.94. The molecular formula is C18H23N. The summed E-state index contributed by atoms with van der Waals surface area (Å²) in [6.07, 6.45) is 0. The van der Waals surface area contributed by atoms with E-state index in [4.69, 9.17) is 0 Å². The molecule has 0 heterocycles. The third kappa shape index (κ3) is 3.17. The zero-order valence-electron chi connectivity index (χ0n) is 12.5. The van der Waals surface area contributed by atoms with Gasteiger partial charge >= 0.3 is 0 Å². The lowest BCUT2D eigenvalue weighted by Gasteiger charge is -2.18. The molecule has 19 heavy (non-hydrogen) atoms. The summed E-state index contributed by atoms with van der Waals surface area (Å²) in [5, 5.41) is 3.60. The normalized spacial score (nSPS) is 12.3. The Hall–Kier alpha value is -1.76. The van der Waals surface area contributed by atoms with E-state index in [0.717, 1.165) is 0 Å². The second-order valence-electron chi connectivity index (χ2n) is 5.53. The Balaban J connectivity index is 2.20. The Morgan fingerprint density at radius 1 is 0.789 bits per heavy atom. The van der Waals surface area contributed by atoms with Crippen LogP contribution in [0, 0.1) is 27.7 Å². The lowest BCUT2D eigenvalue weighted by Crippen LogP contribution is -2.08. The Morgan fingerprint density at radius 2 is 1.53 bits per heavy atom. The zero-order valence-corrected chi connectivity index (χ0v) is 12.5. The van der Waals surface area contributed by atoms with E-state index in [1.54, 1.807) is 0 Å². The van der Waals surface area contributed by atoms with E-state index in [1.165, 1.54) is 33.5 Å². The minimum atomic E-state index is 0.320. The minimum absolute atomic E-state index is 0.320. The molecule has 0 aromatic heterocycles. The van der Waals surface area contributed by atoms with Crippen LogP contribution < -0.4 is 5.32 Å². The minimum Gasteiger partial charge on any atom is -0.378 e. The second-order valence-corrected chi connectivity index (χ2v) is 5.53. The molecule has 1 unspecified atom stereocenters. The molecule has 1 atom stereocenters. The highest BCUT2D eigenvalue weighted by Crippen LogP contribution is 2.24. The quantitative estimate of drug-likeness (QED) is 0.803. The van der Waals surface area contributed by atoms with Gasteiger partial charge in [0.2, 0.25) is 0 Å². The topological polar surface area (TPSA) is 12.0 Å². The highest BCUT2D eigenvalue weighted by atomic mass is 14.9.